The van der Waals surface area contributed by atoms with Crippen LogP contribution < -0.4 is 10.1 Å². The van der Waals surface area contributed by atoms with Gasteiger partial charge >= 0.3 is 0 Å². The molecule has 0 spiro atoms. The molecule has 0 heterocycles. The molecule has 0 fully saturated rings. The van der Waals surface area contributed by atoms with Gasteiger partial charge in [-0.05, 0) is 51.4 Å². The number of methoxy groups -OCH3 is 1. The second kappa shape index (κ2) is 7.65. The van der Waals surface area contributed by atoms with Crippen LogP contribution in [-0.4, -0.2) is 19.3 Å². The van der Waals surface area contributed by atoms with Gasteiger partial charge in [0.25, 0.3) is 0 Å². The van der Waals surface area contributed by atoms with E-state index in [4.69, 9.17) is 9.47 Å². The third-order valence-electron chi connectivity index (χ3n) is 3.78. The van der Waals surface area contributed by atoms with Crippen molar-refractivity contribution in [1.29, 1.82) is 0 Å². The molecule has 3 heteroatoms. The Labute approximate surface area is 123 Å². The first-order valence-corrected chi connectivity index (χ1v) is 7.47. The zero-order chi connectivity index (χ0) is 15.2. The van der Waals surface area contributed by atoms with E-state index in [2.05, 4.69) is 52.1 Å². The molecule has 0 aliphatic heterocycles. The number of hydrogen-bond donors (Lipinski definition) is 1. The Balaban J connectivity index is 2.89. The van der Waals surface area contributed by atoms with Gasteiger partial charge in [-0.2, -0.15) is 0 Å². The quantitative estimate of drug-likeness (QED) is 0.778. The Hall–Kier alpha value is -1.06. The van der Waals surface area contributed by atoms with Crippen molar-refractivity contribution in [1.82, 2.24) is 5.32 Å². The summed E-state index contributed by atoms with van der Waals surface area (Å²) in [5.74, 6) is 0.893. The van der Waals surface area contributed by atoms with Gasteiger partial charge in [0.2, 0.25) is 0 Å². The highest BCUT2D eigenvalue weighted by Gasteiger charge is 2.17. The van der Waals surface area contributed by atoms with Crippen molar-refractivity contribution in [3.05, 3.63) is 29.3 Å². The minimum Gasteiger partial charge on any atom is -0.496 e. The molecule has 1 unspecified atom stereocenters. The number of benzene rings is 1. The molecule has 0 aliphatic carbocycles. The molecule has 0 aromatic heterocycles. The molecule has 0 bridgehead atoms. The molecule has 0 saturated heterocycles. The molecule has 0 saturated carbocycles. The minimum absolute atomic E-state index is 0.103. The van der Waals surface area contributed by atoms with Crippen LogP contribution >= 0.6 is 0 Å². The first-order chi connectivity index (χ1) is 9.43. The maximum Gasteiger partial charge on any atom is 0.124 e. The van der Waals surface area contributed by atoms with Crippen molar-refractivity contribution >= 4 is 0 Å². The lowest BCUT2D eigenvalue weighted by Crippen LogP contribution is -2.23. The van der Waals surface area contributed by atoms with E-state index in [0.717, 1.165) is 24.3 Å². The molecule has 1 atom stereocenters. The molecule has 0 aliphatic rings. The van der Waals surface area contributed by atoms with Crippen LogP contribution in [-0.2, 0) is 11.3 Å². The molecular weight excluding hydrogens is 250 g/mol. The maximum atomic E-state index is 6.00. The predicted molar refractivity (Wildman–Crippen MR) is 84.2 cm³/mol. The first-order valence-electron chi connectivity index (χ1n) is 7.47. The zero-order valence-electron chi connectivity index (χ0n) is 13.7. The topological polar surface area (TPSA) is 30.5 Å². The number of hydrogen-bond acceptors (Lipinski definition) is 3. The van der Waals surface area contributed by atoms with Crippen molar-refractivity contribution in [3.63, 3.8) is 0 Å². The fraction of sp³-hybridized carbons (Fsp3) is 0.647. The lowest BCUT2D eigenvalue weighted by molar-refractivity contribution is -0.0322. The third-order valence-corrected chi connectivity index (χ3v) is 3.78. The Morgan fingerprint density at radius 3 is 2.50 bits per heavy atom. The van der Waals surface area contributed by atoms with Crippen LogP contribution in [0.2, 0.25) is 0 Å². The lowest BCUT2D eigenvalue weighted by atomic mass is 10.0. The van der Waals surface area contributed by atoms with Gasteiger partial charge in [-0.3, -0.25) is 0 Å². The summed E-state index contributed by atoms with van der Waals surface area (Å²) in [6.07, 6.45) is 0.989. The Bertz CT molecular complexity index is 415. The standard InChI is InChI=1S/C17H29NO2/c1-7-17(4,5)20-12-15-11-14(13(3)18-8-2)9-10-16(15)19-6/h9-11,13,18H,7-8,12H2,1-6H3. The van der Waals surface area contributed by atoms with Crippen LogP contribution in [0.4, 0.5) is 0 Å². The van der Waals surface area contributed by atoms with Crippen LogP contribution in [0.25, 0.3) is 0 Å². The molecule has 114 valence electrons. The summed E-state index contributed by atoms with van der Waals surface area (Å²) in [4.78, 5) is 0. The van der Waals surface area contributed by atoms with Gasteiger partial charge in [-0.15, -0.1) is 0 Å². The number of nitrogens with one attached hydrogen (secondary N) is 1. The molecule has 1 aromatic carbocycles. The molecule has 0 amide bonds. The molecule has 1 rings (SSSR count). The molecular formula is C17H29NO2. The van der Waals surface area contributed by atoms with Crippen molar-refractivity contribution < 1.29 is 9.47 Å². The van der Waals surface area contributed by atoms with Gasteiger partial charge in [0.1, 0.15) is 5.75 Å². The third kappa shape index (κ3) is 4.80. The minimum atomic E-state index is -0.103. The second-order valence-corrected chi connectivity index (χ2v) is 5.75. The maximum absolute atomic E-state index is 6.00. The van der Waals surface area contributed by atoms with E-state index in [1.807, 2.05) is 6.07 Å². The molecule has 1 N–H and O–H groups in total. The summed E-state index contributed by atoms with van der Waals surface area (Å²) < 4.78 is 11.4. The average Bonchev–Trinajstić information content (AvgIpc) is 2.45. The predicted octanol–water partition coefficient (Wildman–Crippen LogP) is 4.07. The Morgan fingerprint density at radius 2 is 1.95 bits per heavy atom. The Morgan fingerprint density at radius 1 is 1.25 bits per heavy atom. The number of rotatable bonds is 8. The normalized spacial score (nSPS) is 13.3. The Kier molecular flexibility index (Phi) is 6.50. The van der Waals surface area contributed by atoms with Crippen molar-refractivity contribution in [2.24, 2.45) is 0 Å². The fourth-order valence-electron chi connectivity index (χ4n) is 1.98. The summed E-state index contributed by atoms with van der Waals surface area (Å²) in [5, 5.41) is 3.43. The highest BCUT2D eigenvalue weighted by atomic mass is 16.5. The van der Waals surface area contributed by atoms with Gasteiger partial charge < -0.3 is 14.8 Å². The van der Waals surface area contributed by atoms with Crippen LogP contribution in [0.1, 0.15) is 58.2 Å². The van der Waals surface area contributed by atoms with E-state index in [-0.39, 0.29) is 5.60 Å². The zero-order valence-corrected chi connectivity index (χ0v) is 13.7. The van der Waals surface area contributed by atoms with Crippen LogP contribution in [0.3, 0.4) is 0 Å². The molecule has 0 radical (unpaired) electrons. The largest absolute Gasteiger partial charge is 0.496 e. The SMILES string of the molecule is CCNC(C)c1ccc(OC)c(COC(C)(C)CC)c1. The fourth-order valence-corrected chi connectivity index (χ4v) is 1.98. The summed E-state index contributed by atoms with van der Waals surface area (Å²) in [6.45, 7) is 12.2. The van der Waals surface area contributed by atoms with Crippen molar-refractivity contribution in [3.8, 4) is 5.75 Å². The molecule has 3 nitrogen and oxygen atoms in total. The van der Waals surface area contributed by atoms with E-state index >= 15 is 0 Å². The summed E-state index contributed by atoms with van der Waals surface area (Å²) >= 11 is 0. The van der Waals surface area contributed by atoms with Crippen molar-refractivity contribution in [2.75, 3.05) is 13.7 Å². The first kappa shape index (κ1) is 17.0. The van der Waals surface area contributed by atoms with E-state index < -0.39 is 0 Å². The van der Waals surface area contributed by atoms with E-state index in [1.54, 1.807) is 7.11 Å². The van der Waals surface area contributed by atoms with Crippen LogP contribution in [0, 0.1) is 0 Å². The highest BCUT2D eigenvalue weighted by Crippen LogP contribution is 2.26. The molecule has 20 heavy (non-hydrogen) atoms. The smallest absolute Gasteiger partial charge is 0.124 e. The summed E-state index contributed by atoms with van der Waals surface area (Å²) in [7, 11) is 1.71. The molecule has 1 aromatic rings. The van der Waals surface area contributed by atoms with E-state index in [0.29, 0.717) is 12.6 Å². The summed E-state index contributed by atoms with van der Waals surface area (Å²) in [5.41, 5.74) is 2.27. The van der Waals surface area contributed by atoms with Gasteiger partial charge in [-0.1, -0.05) is 19.9 Å². The van der Waals surface area contributed by atoms with Gasteiger partial charge in [-0.25, -0.2) is 0 Å². The summed E-state index contributed by atoms with van der Waals surface area (Å²) in [6, 6.07) is 6.66. The van der Waals surface area contributed by atoms with Crippen molar-refractivity contribution in [2.45, 2.75) is 59.3 Å². The number of ether oxygens (including phenoxy) is 2. The monoisotopic (exact) mass is 279 g/mol. The van der Waals surface area contributed by atoms with Crippen LogP contribution in [0.5, 0.6) is 5.75 Å². The lowest BCUT2D eigenvalue weighted by Gasteiger charge is -2.24. The van der Waals surface area contributed by atoms with E-state index in [9.17, 15) is 0 Å². The van der Waals surface area contributed by atoms with Crippen LogP contribution in [0.15, 0.2) is 18.2 Å². The second-order valence-electron chi connectivity index (χ2n) is 5.75. The van der Waals surface area contributed by atoms with Gasteiger partial charge in [0.15, 0.2) is 0 Å². The van der Waals surface area contributed by atoms with E-state index in [1.165, 1.54) is 5.56 Å². The highest BCUT2D eigenvalue weighted by molar-refractivity contribution is 5.38. The van der Waals surface area contributed by atoms with Gasteiger partial charge in [0.05, 0.1) is 19.3 Å². The van der Waals surface area contributed by atoms with Gasteiger partial charge in [0, 0.05) is 11.6 Å². The average molecular weight is 279 g/mol.